The molecule has 0 saturated heterocycles. The molecule has 3 nitrogen and oxygen atoms in total. The summed E-state index contributed by atoms with van der Waals surface area (Å²) in [5, 5.41) is 18.2. The van der Waals surface area contributed by atoms with Gasteiger partial charge >= 0.3 is 37.1 Å². The third kappa shape index (κ3) is 10.3. The van der Waals surface area contributed by atoms with Crippen LogP contribution in [0, 0.1) is 64.4 Å². The maximum absolute atomic E-state index is 10.4. The molecule has 1 rings (SSSR count). The largest absolute Gasteiger partial charge is 2.00 e. The molecular formula is C22H32INO2U. The minimum Gasteiger partial charge on any atom is -0.481 e. The molecule has 5 heteroatoms. The zero-order chi connectivity index (χ0) is 20.2. The van der Waals surface area contributed by atoms with Gasteiger partial charge in [-0.15, -0.1) is 5.56 Å². The average molecular weight is 707 g/mol. The van der Waals surface area contributed by atoms with E-state index in [-0.39, 0.29) is 36.5 Å². The van der Waals surface area contributed by atoms with Gasteiger partial charge in [-0.05, 0) is 26.7 Å². The molecule has 27 heavy (non-hydrogen) atoms. The second kappa shape index (κ2) is 14.9. The van der Waals surface area contributed by atoms with Gasteiger partial charge in [0.25, 0.3) is 0 Å². The van der Waals surface area contributed by atoms with Crippen molar-refractivity contribution >= 4 is 28.6 Å². The summed E-state index contributed by atoms with van der Waals surface area (Å²) in [6.07, 6.45) is 6.48. The fourth-order valence-corrected chi connectivity index (χ4v) is 3.24. The van der Waals surface area contributed by atoms with Crippen LogP contribution < -0.4 is 0 Å². The van der Waals surface area contributed by atoms with Gasteiger partial charge < -0.3 is 12.0 Å². The zero-order valence-electron chi connectivity index (χ0n) is 17.1. The van der Waals surface area contributed by atoms with E-state index in [1.807, 2.05) is 12.1 Å². The van der Waals surface area contributed by atoms with Crippen molar-refractivity contribution in [3.8, 4) is 6.07 Å². The second-order valence-corrected chi connectivity index (χ2v) is 8.41. The summed E-state index contributed by atoms with van der Waals surface area (Å²) in [5.41, 5.74) is 0.149. The quantitative estimate of drug-likeness (QED) is 0.234. The van der Waals surface area contributed by atoms with Crippen LogP contribution in [0.25, 0.3) is 0 Å². The van der Waals surface area contributed by atoms with Crippen LogP contribution in [0.5, 0.6) is 0 Å². The van der Waals surface area contributed by atoms with Gasteiger partial charge in [0.05, 0.1) is 16.9 Å². The smallest absolute Gasteiger partial charge is 0.481 e. The van der Waals surface area contributed by atoms with Gasteiger partial charge in [0.1, 0.15) is 0 Å². The van der Waals surface area contributed by atoms with Gasteiger partial charge in [-0.2, -0.15) is 35.9 Å². The van der Waals surface area contributed by atoms with Crippen molar-refractivity contribution in [1.82, 2.24) is 0 Å². The van der Waals surface area contributed by atoms with Crippen LogP contribution in [0.2, 0.25) is 0 Å². The van der Waals surface area contributed by atoms with E-state index >= 15 is 0 Å². The molecule has 0 spiro atoms. The Morgan fingerprint density at radius 1 is 1.26 bits per heavy atom. The van der Waals surface area contributed by atoms with E-state index in [4.69, 9.17) is 5.11 Å². The Morgan fingerprint density at radius 3 is 2.26 bits per heavy atom. The normalized spacial score (nSPS) is 12.6. The molecule has 148 valence electrons. The maximum atomic E-state index is 10.4. The predicted molar refractivity (Wildman–Crippen MR) is 116 cm³/mol. The van der Waals surface area contributed by atoms with Crippen molar-refractivity contribution in [3.05, 3.63) is 40.3 Å². The van der Waals surface area contributed by atoms with Gasteiger partial charge in [-0.3, -0.25) is 4.79 Å². The van der Waals surface area contributed by atoms with Crippen molar-refractivity contribution < 1.29 is 41.0 Å². The van der Waals surface area contributed by atoms with E-state index in [0.29, 0.717) is 12.8 Å². The summed E-state index contributed by atoms with van der Waals surface area (Å²) in [6.45, 7) is 11.3. The summed E-state index contributed by atoms with van der Waals surface area (Å²) >= 11 is 2.26. The topological polar surface area (TPSA) is 61.1 Å². The van der Waals surface area contributed by atoms with Crippen molar-refractivity contribution in [3.63, 3.8) is 0 Å². The molecule has 0 heterocycles. The third-order valence-corrected chi connectivity index (χ3v) is 5.13. The Labute approximate surface area is 203 Å². The van der Waals surface area contributed by atoms with E-state index in [1.54, 1.807) is 13.8 Å². The molecule has 0 aliphatic heterocycles. The molecule has 0 amide bonds. The standard InChI is InChI=1S/C15H19IN.C7H13O2.U/c1-3-5-10-15(12-17,9-4-2)13-7-6-8-14(16)11-13;1-4-5-7(2,3)6(8)9;/h6-8H,3-5,9-10H2,1-2H3;1,4-5H2,2-3H3,(H,8,9);/q2*-1;+2. The number of benzene rings is 1. The van der Waals surface area contributed by atoms with Crippen LogP contribution in [0.3, 0.4) is 0 Å². The number of halogens is 1. The predicted octanol–water partition coefficient (Wildman–Crippen LogP) is 6.55. The Balaban J connectivity index is 0. The van der Waals surface area contributed by atoms with Crippen molar-refractivity contribution in [2.75, 3.05) is 0 Å². The maximum Gasteiger partial charge on any atom is 2.00 e. The molecule has 1 unspecified atom stereocenters. The first-order valence-corrected chi connectivity index (χ1v) is 10.4. The number of carbonyl (C=O) groups is 1. The summed E-state index contributed by atoms with van der Waals surface area (Å²) in [6, 6.07) is 12.0. The van der Waals surface area contributed by atoms with Gasteiger partial charge in [0.2, 0.25) is 0 Å². The molecule has 1 aromatic rings. The number of hydrogen-bond acceptors (Lipinski definition) is 2. The van der Waals surface area contributed by atoms with Crippen LogP contribution in [0.15, 0.2) is 18.2 Å². The van der Waals surface area contributed by atoms with E-state index in [2.05, 4.69) is 61.6 Å². The minimum absolute atomic E-state index is 0. The number of aliphatic carboxylic acids is 1. The Morgan fingerprint density at radius 2 is 1.89 bits per heavy atom. The van der Waals surface area contributed by atoms with E-state index in [1.165, 1.54) is 0 Å². The van der Waals surface area contributed by atoms with Gasteiger partial charge in [-0.25, -0.2) is 0 Å². The molecule has 0 aromatic heterocycles. The van der Waals surface area contributed by atoms with Crippen LogP contribution in [0.1, 0.15) is 78.2 Å². The molecule has 0 bridgehead atoms. The average Bonchev–Trinajstić information content (AvgIpc) is 2.59. The summed E-state index contributed by atoms with van der Waals surface area (Å²) in [4.78, 5) is 10.4. The molecule has 0 aliphatic rings. The monoisotopic (exact) mass is 707 g/mol. The third-order valence-electron chi connectivity index (χ3n) is 4.50. The number of rotatable bonds is 9. The van der Waals surface area contributed by atoms with Crippen molar-refractivity contribution in [2.45, 2.75) is 78.1 Å². The zero-order valence-corrected chi connectivity index (χ0v) is 23.4. The van der Waals surface area contributed by atoms with Gasteiger partial charge in [0.15, 0.2) is 0 Å². The Hall–Kier alpha value is -0.0381. The van der Waals surface area contributed by atoms with Crippen LogP contribution >= 0.6 is 22.6 Å². The molecule has 0 aliphatic carbocycles. The van der Waals surface area contributed by atoms with Crippen LogP contribution in [-0.2, 0) is 10.2 Å². The number of nitriles is 1. The number of hydrogen-bond donors (Lipinski definition) is 1. The van der Waals surface area contributed by atoms with E-state index < -0.39 is 11.4 Å². The number of unbranched alkanes of at least 4 members (excludes halogenated alkanes) is 1. The molecule has 0 radical (unpaired) electrons. The van der Waals surface area contributed by atoms with Gasteiger partial charge in [0, 0.05) is 0 Å². The van der Waals surface area contributed by atoms with E-state index in [9.17, 15) is 10.1 Å². The first-order chi connectivity index (χ1) is 12.2. The number of carboxylic acids is 1. The second-order valence-electron chi connectivity index (χ2n) is 7.25. The minimum atomic E-state index is -0.744. The van der Waals surface area contributed by atoms with Crippen LogP contribution in [-0.4, -0.2) is 11.1 Å². The molecule has 0 saturated carbocycles. The SMILES string of the molecule is CCCCC(C#N)(CCC)c1[c-]c(I)ccc1.[CH2-]CCC(C)(C)C(=O)O.[U+2]. The fraction of sp³-hybridized carbons (Fsp3) is 0.591. The Kier molecular flexibility index (Phi) is 16.1. The Bertz CT molecular complexity index is 598. The van der Waals surface area contributed by atoms with Crippen molar-refractivity contribution in [2.24, 2.45) is 5.41 Å². The molecule has 0 fully saturated rings. The first kappa shape index (κ1) is 29.2. The number of carboxylic acid groups (broad SMARTS) is 1. The molecule has 1 aromatic carbocycles. The summed E-state index contributed by atoms with van der Waals surface area (Å²) < 4.78 is 1.09. The van der Waals surface area contributed by atoms with E-state index in [0.717, 1.165) is 41.2 Å². The number of nitrogens with zero attached hydrogens (tertiary/aromatic N) is 1. The first-order valence-electron chi connectivity index (χ1n) is 9.31. The molecule has 1 atom stereocenters. The van der Waals surface area contributed by atoms with Crippen molar-refractivity contribution in [1.29, 1.82) is 5.26 Å². The van der Waals surface area contributed by atoms with Crippen LogP contribution in [0.4, 0.5) is 0 Å². The summed E-state index contributed by atoms with van der Waals surface area (Å²) in [7, 11) is 0. The molecule has 1 N–H and O–H groups in total. The molecular weight excluding hydrogens is 675 g/mol. The van der Waals surface area contributed by atoms with Gasteiger partial charge in [-0.1, -0.05) is 65.7 Å². The summed E-state index contributed by atoms with van der Waals surface area (Å²) in [5.74, 6) is -0.744. The fourth-order valence-electron chi connectivity index (χ4n) is 2.74.